The van der Waals surface area contributed by atoms with Gasteiger partial charge in [-0.2, -0.15) is 0 Å². The number of hydrogen-bond donors (Lipinski definition) is 2. The molecule has 0 bridgehead atoms. The Morgan fingerprint density at radius 3 is 2.63 bits per heavy atom. The third kappa shape index (κ3) is 5.15. The number of hydrogen-bond acceptors (Lipinski definition) is 2. The minimum atomic E-state index is -0.391. The van der Waals surface area contributed by atoms with Gasteiger partial charge >= 0.3 is 0 Å². The van der Waals surface area contributed by atoms with Crippen LogP contribution in [0.15, 0.2) is 24.3 Å². The van der Waals surface area contributed by atoms with Gasteiger partial charge in [-0.25, -0.2) is 0 Å². The fraction of sp³-hybridized carbons (Fsp3) is 0.438. The SMILES string of the molecule is CC(C)(C)C(=O)NCc1ccccc1C#CCCO. The molecule has 0 fully saturated rings. The normalized spacial score (nSPS) is 10.5. The van der Waals surface area contributed by atoms with Crippen molar-refractivity contribution in [2.75, 3.05) is 6.61 Å². The van der Waals surface area contributed by atoms with Gasteiger partial charge in [-0.15, -0.1) is 0 Å². The van der Waals surface area contributed by atoms with Crippen molar-refractivity contribution in [2.45, 2.75) is 33.7 Å². The highest BCUT2D eigenvalue weighted by molar-refractivity contribution is 5.81. The molecule has 1 amide bonds. The maximum absolute atomic E-state index is 11.8. The van der Waals surface area contributed by atoms with Gasteiger partial charge in [0.05, 0.1) is 6.61 Å². The first-order chi connectivity index (χ1) is 8.95. The predicted octanol–water partition coefficient (Wildman–Crippen LogP) is 2.08. The summed E-state index contributed by atoms with van der Waals surface area (Å²) in [6.07, 6.45) is 0.461. The van der Waals surface area contributed by atoms with E-state index >= 15 is 0 Å². The van der Waals surface area contributed by atoms with E-state index in [1.165, 1.54) is 0 Å². The second-order valence-electron chi connectivity index (χ2n) is 5.37. The number of aliphatic hydroxyl groups is 1. The third-order valence-electron chi connectivity index (χ3n) is 2.60. The van der Waals surface area contributed by atoms with E-state index in [1.807, 2.05) is 45.0 Å². The molecule has 1 rings (SSSR count). The molecular formula is C16H21NO2. The van der Waals surface area contributed by atoms with Crippen molar-refractivity contribution in [3.05, 3.63) is 35.4 Å². The van der Waals surface area contributed by atoms with E-state index < -0.39 is 5.41 Å². The Morgan fingerprint density at radius 2 is 2.00 bits per heavy atom. The third-order valence-corrected chi connectivity index (χ3v) is 2.60. The van der Waals surface area contributed by atoms with Crippen LogP contribution < -0.4 is 5.32 Å². The summed E-state index contributed by atoms with van der Waals surface area (Å²) in [4.78, 5) is 11.8. The van der Waals surface area contributed by atoms with Crippen LogP contribution in [0.2, 0.25) is 0 Å². The van der Waals surface area contributed by atoms with Crippen molar-refractivity contribution in [1.29, 1.82) is 0 Å². The Labute approximate surface area is 115 Å². The molecule has 0 unspecified atom stereocenters. The maximum Gasteiger partial charge on any atom is 0.225 e. The molecule has 0 saturated heterocycles. The molecule has 0 atom stereocenters. The minimum absolute atomic E-state index is 0.0191. The molecule has 0 spiro atoms. The fourth-order valence-electron chi connectivity index (χ4n) is 1.45. The zero-order valence-electron chi connectivity index (χ0n) is 11.8. The van der Waals surface area contributed by atoms with Gasteiger partial charge in [-0.3, -0.25) is 4.79 Å². The van der Waals surface area contributed by atoms with Gasteiger partial charge < -0.3 is 10.4 Å². The average Bonchev–Trinajstić information content (AvgIpc) is 2.36. The molecule has 0 saturated carbocycles. The summed E-state index contributed by atoms with van der Waals surface area (Å²) < 4.78 is 0. The number of carbonyl (C=O) groups is 1. The molecule has 0 heterocycles. The summed E-state index contributed by atoms with van der Waals surface area (Å²) in [6, 6.07) is 7.71. The predicted molar refractivity (Wildman–Crippen MR) is 76.3 cm³/mol. The quantitative estimate of drug-likeness (QED) is 0.817. The Hall–Kier alpha value is -1.79. The van der Waals surface area contributed by atoms with Crippen LogP contribution in [0.3, 0.4) is 0 Å². The maximum atomic E-state index is 11.8. The van der Waals surface area contributed by atoms with Gasteiger partial charge in [0, 0.05) is 23.9 Å². The standard InChI is InChI=1S/C16H21NO2/c1-16(2,3)15(19)17-12-14-10-5-4-8-13(14)9-6-7-11-18/h4-5,8,10,18H,7,11-12H2,1-3H3,(H,17,19). The summed E-state index contributed by atoms with van der Waals surface area (Å²) in [5.74, 6) is 5.93. The molecule has 0 aliphatic heterocycles. The topological polar surface area (TPSA) is 49.3 Å². The van der Waals surface area contributed by atoms with Crippen LogP contribution in [0.1, 0.15) is 38.3 Å². The summed E-state index contributed by atoms with van der Waals surface area (Å²) >= 11 is 0. The Bertz CT molecular complexity index is 489. The van der Waals surface area contributed by atoms with Gasteiger partial charge in [-0.1, -0.05) is 50.8 Å². The van der Waals surface area contributed by atoms with E-state index in [-0.39, 0.29) is 12.5 Å². The van der Waals surface area contributed by atoms with E-state index in [0.717, 1.165) is 11.1 Å². The van der Waals surface area contributed by atoms with Crippen molar-refractivity contribution in [3.8, 4) is 11.8 Å². The monoisotopic (exact) mass is 259 g/mol. The van der Waals surface area contributed by atoms with Crippen LogP contribution in [0.25, 0.3) is 0 Å². The van der Waals surface area contributed by atoms with Crippen molar-refractivity contribution in [2.24, 2.45) is 5.41 Å². The van der Waals surface area contributed by atoms with Crippen LogP contribution in [-0.2, 0) is 11.3 Å². The number of nitrogens with one attached hydrogen (secondary N) is 1. The van der Waals surface area contributed by atoms with Gasteiger partial charge in [0.25, 0.3) is 0 Å². The summed E-state index contributed by atoms with van der Waals surface area (Å²) in [5.41, 5.74) is 1.49. The minimum Gasteiger partial charge on any atom is -0.395 e. The van der Waals surface area contributed by atoms with Crippen LogP contribution in [-0.4, -0.2) is 17.6 Å². The van der Waals surface area contributed by atoms with Gasteiger partial charge in [-0.05, 0) is 11.6 Å². The Balaban J connectivity index is 2.74. The number of amides is 1. The van der Waals surface area contributed by atoms with Gasteiger partial charge in [0.2, 0.25) is 5.91 Å². The number of carbonyl (C=O) groups excluding carboxylic acids is 1. The average molecular weight is 259 g/mol. The second-order valence-corrected chi connectivity index (χ2v) is 5.37. The van der Waals surface area contributed by atoms with E-state index in [9.17, 15) is 4.79 Å². The molecule has 1 aromatic rings. The van der Waals surface area contributed by atoms with Crippen LogP contribution in [0.4, 0.5) is 0 Å². The first-order valence-electron chi connectivity index (χ1n) is 6.41. The van der Waals surface area contributed by atoms with E-state index in [2.05, 4.69) is 17.2 Å². The second kappa shape index (κ2) is 6.96. The molecule has 2 N–H and O–H groups in total. The molecule has 0 aromatic heterocycles. The lowest BCUT2D eigenvalue weighted by molar-refractivity contribution is -0.128. The molecule has 1 aromatic carbocycles. The molecular weight excluding hydrogens is 238 g/mol. The lowest BCUT2D eigenvalue weighted by Crippen LogP contribution is -2.34. The first kappa shape index (κ1) is 15.3. The smallest absolute Gasteiger partial charge is 0.225 e. The van der Waals surface area contributed by atoms with E-state index in [1.54, 1.807) is 0 Å². The summed E-state index contributed by atoms with van der Waals surface area (Å²) in [6.45, 7) is 6.19. The molecule has 3 heteroatoms. The van der Waals surface area contributed by atoms with Crippen LogP contribution in [0, 0.1) is 17.3 Å². The van der Waals surface area contributed by atoms with Crippen molar-refractivity contribution in [3.63, 3.8) is 0 Å². The zero-order chi connectivity index (χ0) is 14.3. The Morgan fingerprint density at radius 1 is 1.32 bits per heavy atom. The lowest BCUT2D eigenvalue weighted by atomic mass is 9.95. The van der Waals surface area contributed by atoms with Crippen LogP contribution >= 0.6 is 0 Å². The highest BCUT2D eigenvalue weighted by Crippen LogP contribution is 2.14. The largest absolute Gasteiger partial charge is 0.395 e. The Kier molecular flexibility index (Phi) is 5.59. The van der Waals surface area contributed by atoms with E-state index in [0.29, 0.717) is 13.0 Å². The molecule has 0 aliphatic rings. The zero-order valence-corrected chi connectivity index (χ0v) is 11.8. The van der Waals surface area contributed by atoms with Crippen molar-refractivity contribution in [1.82, 2.24) is 5.32 Å². The van der Waals surface area contributed by atoms with Crippen LogP contribution in [0.5, 0.6) is 0 Å². The lowest BCUT2D eigenvalue weighted by Gasteiger charge is -2.18. The first-order valence-corrected chi connectivity index (χ1v) is 6.41. The number of benzene rings is 1. The molecule has 102 valence electrons. The summed E-state index contributed by atoms with van der Waals surface area (Å²) in [7, 11) is 0. The highest BCUT2D eigenvalue weighted by Gasteiger charge is 2.20. The number of rotatable bonds is 3. The fourth-order valence-corrected chi connectivity index (χ4v) is 1.45. The molecule has 19 heavy (non-hydrogen) atoms. The highest BCUT2D eigenvalue weighted by atomic mass is 16.2. The molecule has 0 radical (unpaired) electrons. The van der Waals surface area contributed by atoms with Crippen molar-refractivity contribution >= 4 is 5.91 Å². The molecule has 3 nitrogen and oxygen atoms in total. The molecule has 0 aliphatic carbocycles. The van der Waals surface area contributed by atoms with Gasteiger partial charge in [0.15, 0.2) is 0 Å². The summed E-state index contributed by atoms with van der Waals surface area (Å²) in [5, 5.41) is 11.6. The van der Waals surface area contributed by atoms with Gasteiger partial charge in [0.1, 0.15) is 0 Å². The van der Waals surface area contributed by atoms with Crippen molar-refractivity contribution < 1.29 is 9.90 Å². The van der Waals surface area contributed by atoms with E-state index in [4.69, 9.17) is 5.11 Å². The number of aliphatic hydroxyl groups excluding tert-OH is 1.